The Balaban J connectivity index is 1.81. The fourth-order valence-electron chi connectivity index (χ4n) is 4.42. The van der Waals surface area contributed by atoms with Gasteiger partial charge >= 0.3 is 5.97 Å². The highest BCUT2D eigenvalue weighted by Gasteiger charge is 2.40. The summed E-state index contributed by atoms with van der Waals surface area (Å²) < 4.78 is 55.8. The lowest BCUT2D eigenvalue weighted by Crippen LogP contribution is -2.46. The number of benzene rings is 2. The monoisotopic (exact) mass is 576 g/mol. The number of ether oxygens (including phenoxy) is 4. The average Bonchev–Trinajstić information content (AvgIpc) is 3.36. The summed E-state index contributed by atoms with van der Waals surface area (Å²) in [7, 11) is 4.22. The van der Waals surface area contributed by atoms with E-state index in [-0.39, 0.29) is 30.8 Å². The van der Waals surface area contributed by atoms with E-state index in [2.05, 4.69) is 9.72 Å². The Morgan fingerprint density at radius 1 is 1.18 bits per heavy atom. The summed E-state index contributed by atoms with van der Waals surface area (Å²) in [6.07, 6.45) is -3.74. The van der Waals surface area contributed by atoms with E-state index in [1.807, 2.05) is 0 Å². The van der Waals surface area contributed by atoms with Crippen LogP contribution in [-0.2, 0) is 27.1 Å². The fraction of sp³-hybridized carbons (Fsp3) is 0.333. The summed E-state index contributed by atoms with van der Waals surface area (Å²) in [6, 6.07) is 9.63. The quantitative estimate of drug-likeness (QED) is 0.202. The van der Waals surface area contributed by atoms with Gasteiger partial charge in [0.2, 0.25) is 0 Å². The molecular formula is C27H27ClF2N4O6. The highest BCUT2D eigenvalue weighted by molar-refractivity contribution is 6.31. The number of para-hydroxylation sites is 1. The molecule has 1 aromatic heterocycles. The van der Waals surface area contributed by atoms with Gasteiger partial charge in [0.25, 0.3) is 6.43 Å². The molecule has 13 heteroatoms. The number of esters is 1. The third-order valence-electron chi connectivity index (χ3n) is 6.29. The number of nitrogens with one attached hydrogen (secondary N) is 2. The van der Waals surface area contributed by atoms with Crippen LogP contribution in [0.15, 0.2) is 47.0 Å². The number of fused-ring (bicyclic) bond motifs is 1. The van der Waals surface area contributed by atoms with Crippen molar-refractivity contribution in [3.63, 3.8) is 0 Å². The maximum absolute atomic E-state index is 13.9. The SMILES string of the molecule is COC(=O)CCc1cnc(C[C@@H]2OC(c3cccc(OC)c3OC)c3cc(Cl)ccc3N(C(=N)C(F)F)C2=N)o1. The van der Waals surface area contributed by atoms with E-state index in [0.29, 0.717) is 33.4 Å². The van der Waals surface area contributed by atoms with Crippen molar-refractivity contribution in [3.8, 4) is 11.5 Å². The molecule has 2 atom stereocenters. The molecule has 0 aliphatic carbocycles. The number of methoxy groups -OCH3 is 3. The molecule has 0 radical (unpaired) electrons. The highest BCUT2D eigenvalue weighted by Crippen LogP contribution is 2.45. The summed E-state index contributed by atoms with van der Waals surface area (Å²) in [5.74, 6) is -0.649. The summed E-state index contributed by atoms with van der Waals surface area (Å²) in [6.45, 7) is 0. The molecule has 2 N–H and O–H groups in total. The van der Waals surface area contributed by atoms with E-state index in [0.717, 1.165) is 4.90 Å². The van der Waals surface area contributed by atoms with Gasteiger partial charge in [0, 0.05) is 22.6 Å². The number of halogens is 3. The molecule has 2 heterocycles. The highest BCUT2D eigenvalue weighted by atomic mass is 35.5. The van der Waals surface area contributed by atoms with E-state index in [1.54, 1.807) is 18.2 Å². The Bertz CT molecular complexity index is 1420. The minimum absolute atomic E-state index is 0.0774. The Kier molecular flexibility index (Phi) is 9.00. The molecule has 212 valence electrons. The van der Waals surface area contributed by atoms with Crippen LogP contribution >= 0.6 is 11.6 Å². The molecule has 4 rings (SSSR count). The minimum Gasteiger partial charge on any atom is -0.493 e. The third kappa shape index (κ3) is 5.92. The van der Waals surface area contributed by atoms with Gasteiger partial charge in [-0.1, -0.05) is 23.7 Å². The molecular weight excluding hydrogens is 550 g/mol. The zero-order valence-electron chi connectivity index (χ0n) is 21.9. The number of nitrogens with zero attached hydrogens (tertiary/aromatic N) is 2. The topological polar surface area (TPSA) is 131 Å². The van der Waals surface area contributed by atoms with Gasteiger partial charge in [-0.05, 0) is 24.3 Å². The van der Waals surface area contributed by atoms with Crippen LogP contribution in [0.25, 0.3) is 0 Å². The van der Waals surface area contributed by atoms with Crippen LogP contribution in [0.5, 0.6) is 11.5 Å². The Morgan fingerprint density at radius 3 is 2.62 bits per heavy atom. The van der Waals surface area contributed by atoms with Crippen LogP contribution in [0.4, 0.5) is 14.5 Å². The van der Waals surface area contributed by atoms with E-state index < -0.39 is 36.3 Å². The molecule has 0 amide bonds. The number of aromatic nitrogens is 1. The first-order chi connectivity index (χ1) is 19.2. The van der Waals surface area contributed by atoms with Crippen molar-refractivity contribution >= 4 is 34.9 Å². The second-order valence-electron chi connectivity index (χ2n) is 8.70. The van der Waals surface area contributed by atoms with Crippen LogP contribution in [0.2, 0.25) is 5.02 Å². The van der Waals surface area contributed by atoms with Gasteiger partial charge in [-0.3, -0.25) is 20.5 Å². The van der Waals surface area contributed by atoms with Crippen LogP contribution in [0, 0.1) is 10.8 Å². The predicted octanol–water partition coefficient (Wildman–Crippen LogP) is 5.21. The maximum Gasteiger partial charge on any atom is 0.305 e. The largest absolute Gasteiger partial charge is 0.493 e. The van der Waals surface area contributed by atoms with Crippen LogP contribution in [0.3, 0.4) is 0 Å². The molecule has 0 fully saturated rings. The fourth-order valence-corrected chi connectivity index (χ4v) is 4.60. The van der Waals surface area contributed by atoms with Crippen LogP contribution in [0.1, 0.15) is 35.3 Å². The van der Waals surface area contributed by atoms with Gasteiger partial charge in [0.05, 0.1) is 46.1 Å². The van der Waals surface area contributed by atoms with Crippen molar-refractivity contribution < 1.29 is 36.9 Å². The van der Waals surface area contributed by atoms with Crippen LogP contribution in [-0.4, -0.2) is 56.5 Å². The first-order valence-electron chi connectivity index (χ1n) is 12.1. The number of carbonyl (C=O) groups is 1. The lowest BCUT2D eigenvalue weighted by Gasteiger charge is -2.27. The van der Waals surface area contributed by atoms with E-state index in [9.17, 15) is 13.6 Å². The summed E-state index contributed by atoms with van der Waals surface area (Å²) in [5.41, 5.74) is 0.950. The van der Waals surface area contributed by atoms with Crippen molar-refractivity contribution in [1.29, 1.82) is 10.8 Å². The van der Waals surface area contributed by atoms with E-state index in [4.69, 9.17) is 41.0 Å². The molecule has 1 aliphatic heterocycles. The third-order valence-corrected chi connectivity index (χ3v) is 6.52. The standard InChI is InChI=1S/C27H27ClF2N4O6/c1-36-19-6-4-5-16(24(19)38-3)23-17-11-14(28)7-9-18(17)34(27(32)25(29)30)26(31)20(40-23)12-21-33-13-15(39-21)8-10-22(35)37-2/h4-7,9,11,13,20,23,25,31-32H,8,10,12H2,1-3H3/t20-,23?/m0/s1. The number of anilines is 1. The number of hydrogen-bond acceptors (Lipinski definition) is 9. The lowest BCUT2D eigenvalue weighted by atomic mass is 9.98. The van der Waals surface area contributed by atoms with Gasteiger partial charge in [0.1, 0.15) is 23.8 Å². The van der Waals surface area contributed by atoms with Crippen molar-refractivity contribution in [2.75, 3.05) is 26.2 Å². The number of carbonyl (C=O) groups excluding carboxylic acids is 1. The second kappa shape index (κ2) is 12.4. The molecule has 0 saturated heterocycles. The van der Waals surface area contributed by atoms with Crippen molar-refractivity contribution in [1.82, 2.24) is 4.98 Å². The van der Waals surface area contributed by atoms with Crippen molar-refractivity contribution in [2.45, 2.75) is 37.9 Å². The number of aryl methyl sites for hydroxylation is 1. The van der Waals surface area contributed by atoms with Crippen molar-refractivity contribution in [2.24, 2.45) is 0 Å². The molecule has 2 aromatic carbocycles. The number of amidine groups is 2. The average molecular weight is 577 g/mol. The summed E-state index contributed by atoms with van der Waals surface area (Å²) >= 11 is 6.33. The zero-order chi connectivity index (χ0) is 29.0. The normalized spacial score (nSPS) is 16.9. The number of oxazole rings is 1. The lowest BCUT2D eigenvalue weighted by molar-refractivity contribution is -0.140. The van der Waals surface area contributed by atoms with Crippen LogP contribution < -0.4 is 14.4 Å². The molecule has 40 heavy (non-hydrogen) atoms. The molecule has 10 nitrogen and oxygen atoms in total. The predicted molar refractivity (Wildman–Crippen MR) is 142 cm³/mol. The number of rotatable bonds is 9. The Hall–Kier alpha value is -4.03. The molecule has 3 aromatic rings. The Labute approximate surface area is 233 Å². The zero-order valence-corrected chi connectivity index (χ0v) is 22.6. The van der Waals surface area contributed by atoms with Gasteiger partial charge < -0.3 is 23.4 Å². The smallest absolute Gasteiger partial charge is 0.305 e. The minimum atomic E-state index is -3.18. The first kappa shape index (κ1) is 29.0. The molecule has 1 aliphatic rings. The summed E-state index contributed by atoms with van der Waals surface area (Å²) in [5, 5.41) is 17.4. The molecule has 0 bridgehead atoms. The maximum atomic E-state index is 13.9. The Morgan fingerprint density at radius 2 is 1.95 bits per heavy atom. The second-order valence-corrected chi connectivity index (χ2v) is 9.13. The summed E-state index contributed by atoms with van der Waals surface area (Å²) in [4.78, 5) is 16.6. The van der Waals surface area contributed by atoms with Gasteiger partial charge in [0.15, 0.2) is 23.2 Å². The molecule has 1 unspecified atom stereocenters. The number of hydrogen-bond donors (Lipinski definition) is 2. The van der Waals surface area contributed by atoms with Gasteiger partial charge in [-0.25, -0.2) is 13.8 Å². The molecule has 0 spiro atoms. The van der Waals surface area contributed by atoms with Gasteiger partial charge in [-0.15, -0.1) is 0 Å². The van der Waals surface area contributed by atoms with E-state index >= 15 is 0 Å². The van der Waals surface area contributed by atoms with E-state index in [1.165, 1.54) is 45.7 Å². The van der Waals surface area contributed by atoms with Crippen molar-refractivity contribution in [3.05, 3.63) is 70.4 Å². The van der Waals surface area contributed by atoms with Gasteiger partial charge in [-0.2, -0.15) is 0 Å². The molecule has 0 saturated carbocycles. The first-order valence-corrected chi connectivity index (χ1v) is 12.5. The number of alkyl halides is 2.